The van der Waals surface area contributed by atoms with Crippen molar-refractivity contribution in [1.82, 2.24) is 19.8 Å². The number of nitro groups is 1. The standard InChI is InChI=1S/C44H47ClN8O4S2/c1-3-50(4-2)29-35(30-58-37-11-6-5-7-12-37)48-41-21-19-38(27-43(41)53(54)55)59(56,57)49-44-40-20-18-36(26-42(40)46-31-47-44)52-24-22-51(23-25-52)28-33-10-8-9-13-39(33)32-14-16-34(45)17-15-32/h5-21,26-27,31,35,48H,3-4,22-25,28-30H2,1-2H3,(H,46,47,49)/t35-/m1/s1. The summed E-state index contributed by atoms with van der Waals surface area (Å²) >= 11 is 7.80. The minimum absolute atomic E-state index is 0.0906. The second-order valence-electron chi connectivity index (χ2n) is 14.3. The number of piperazine rings is 1. The summed E-state index contributed by atoms with van der Waals surface area (Å²) in [7, 11) is -4.27. The first-order valence-electron chi connectivity index (χ1n) is 19.6. The maximum absolute atomic E-state index is 13.8. The number of hydrogen-bond acceptors (Lipinski definition) is 11. The number of nitrogens with zero attached hydrogens (tertiary/aromatic N) is 6. The van der Waals surface area contributed by atoms with Crippen LogP contribution in [0.5, 0.6) is 0 Å². The molecule has 1 fully saturated rings. The number of rotatable bonds is 17. The normalized spacial score (nSPS) is 14.1. The zero-order valence-corrected chi connectivity index (χ0v) is 35.4. The van der Waals surface area contributed by atoms with E-state index < -0.39 is 14.9 Å². The number of anilines is 3. The minimum atomic E-state index is -4.27. The van der Waals surface area contributed by atoms with Crippen molar-refractivity contribution in [1.29, 1.82) is 0 Å². The maximum Gasteiger partial charge on any atom is 0.293 e. The fourth-order valence-corrected chi connectivity index (χ4v) is 9.41. The average Bonchev–Trinajstić information content (AvgIpc) is 3.25. The molecule has 5 aromatic carbocycles. The highest BCUT2D eigenvalue weighted by Gasteiger charge is 2.26. The van der Waals surface area contributed by atoms with Crippen LogP contribution in [-0.4, -0.2) is 90.7 Å². The smallest absolute Gasteiger partial charge is 0.293 e. The molecule has 1 saturated heterocycles. The number of hydrogen-bond donors (Lipinski definition) is 2. The van der Waals surface area contributed by atoms with Gasteiger partial charge < -0.3 is 15.1 Å². The molecule has 1 atom stereocenters. The summed E-state index contributed by atoms with van der Waals surface area (Å²) in [6.45, 7) is 10.7. The maximum atomic E-state index is 13.8. The number of thioether (sulfide) groups is 1. The van der Waals surface area contributed by atoms with E-state index in [4.69, 9.17) is 11.6 Å². The van der Waals surface area contributed by atoms with Crippen LogP contribution in [0.4, 0.5) is 22.9 Å². The van der Waals surface area contributed by atoms with Gasteiger partial charge in [0.15, 0.2) is 5.82 Å². The van der Waals surface area contributed by atoms with Crippen molar-refractivity contribution >= 4 is 67.2 Å². The molecule has 12 nitrogen and oxygen atoms in total. The van der Waals surface area contributed by atoms with E-state index in [1.165, 1.54) is 29.6 Å². The Labute approximate surface area is 354 Å². The van der Waals surface area contributed by atoms with E-state index in [0.717, 1.165) is 68.0 Å². The molecule has 0 bridgehead atoms. The lowest BCUT2D eigenvalue weighted by atomic mass is 9.99. The van der Waals surface area contributed by atoms with Crippen molar-refractivity contribution in [3.63, 3.8) is 0 Å². The van der Waals surface area contributed by atoms with Gasteiger partial charge in [-0.15, -0.1) is 11.8 Å². The van der Waals surface area contributed by atoms with Gasteiger partial charge in [-0.25, -0.2) is 18.4 Å². The SMILES string of the molecule is CCN(CC)C[C@H](CSc1ccccc1)Nc1ccc(S(=O)(=O)Nc2ncnc3cc(N4CCN(Cc5ccccc5-c5ccc(Cl)cc5)CC4)ccc23)cc1[N+](=O)[O-]. The molecular weight excluding hydrogens is 804 g/mol. The summed E-state index contributed by atoms with van der Waals surface area (Å²) in [4.78, 5) is 28.4. The largest absolute Gasteiger partial charge is 0.375 e. The first-order valence-corrected chi connectivity index (χ1v) is 22.5. The van der Waals surface area contributed by atoms with Crippen molar-refractivity contribution in [2.45, 2.75) is 36.2 Å². The summed E-state index contributed by atoms with van der Waals surface area (Å²) in [6, 6.07) is 35.9. The molecule has 0 radical (unpaired) electrons. The molecule has 1 aliphatic heterocycles. The topological polar surface area (TPSA) is 137 Å². The quantitative estimate of drug-likeness (QED) is 0.0517. The Bertz CT molecular complexity index is 2480. The Morgan fingerprint density at radius 3 is 2.34 bits per heavy atom. The molecule has 6 aromatic rings. The summed E-state index contributed by atoms with van der Waals surface area (Å²) < 4.78 is 30.1. The van der Waals surface area contributed by atoms with Crippen LogP contribution in [0.25, 0.3) is 22.0 Å². The molecule has 2 N–H and O–H groups in total. The van der Waals surface area contributed by atoms with Crippen LogP contribution in [0.15, 0.2) is 131 Å². The van der Waals surface area contributed by atoms with Gasteiger partial charge in [-0.05, 0) is 84.4 Å². The molecule has 306 valence electrons. The van der Waals surface area contributed by atoms with Gasteiger partial charge in [0.1, 0.15) is 12.0 Å². The van der Waals surface area contributed by atoms with Crippen LogP contribution in [0.1, 0.15) is 19.4 Å². The van der Waals surface area contributed by atoms with E-state index in [1.54, 1.807) is 11.8 Å². The highest BCUT2D eigenvalue weighted by atomic mass is 35.5. The predicted octanol–water partition coefficient (Wildman–Crippen LogP) is 8.90. The lowest BCUT2D eigenvalue weighted by Crippen LogP contribution is -2.46. The third-order valence-corrected chi connectivity index (χ3v) is 13.3. The fourth-order valence-electron chi connectivity index (χ4n) is 7.30. The lowest BCUT2D eigenvalue weighted by molar-refractivity contribution is -0.384. The Morgan fingerprint density at radius 2 is 1.61 bits per heavy atom. The van der Waals surface area contributed by atoms with Crippen molar-refractivity contribution in [3.8, 4) is 11.1 Å². The molecule has 15 heteroatoms. The van der Waals surface area contributed by atoms with Gasteiger partial charge in [-0.3, -0.25) is 19.7 Å². The molecule has 0 saturated carbocycles. The van der Waals surface area contributed by atoms with Gasteiger partial charge in [0.05, 0.1) is 15.3 Å². The van der Waals surface area contributed by atoms with Crippen LogP contribution in [0, 0.1) is 10.1 Å². The molecule has 7 rings (SSSR count). The van der Waals surface area contributed by atoms with Crippen molar-refractivity contribution in [2.24, 2.45) is 0 Å². The van der Waals surface area contributed by atoms with Gasteiger partial charge in [-0.1, -0.05) is 80.0 Å². The average molecular weight is 851 g/mol. The Balaban J connectivity index is 1.03. The minimum Gasteiger partial charge on any atom is -0.375 e. The second kappa shape index (κ2) is 19.2. The Kier molecular flexibility index (Phi) is 13.6. The number of fused-ring (bicyclic) bond motifs is 1. The molecular formula is C44H47ClN8O4S2. The number of nitrogens with one attached hydrogen (secondary N) is 2. The zero-order valence-electron chi connectivity index (χ0n) is 33.0. The van der Waals surface area contributed by atoms with E-state index in [9.17, 15) is 18.5 Å². The van der Waals surface area contributed by atoms with Crippen LogP contribution in [0.2, 0.25) is 5.02 Å². The van der Waals surface area contributed by atoms with Gasteiger partial charge in [0.25, 0.3) is 15.7 Å². The summed E-state index contributed by atoms with van der Waals surface area (Å²) in [6.07, 6.45) is 1.32. The van der Waals surface area contributed by atoms with Gasteiger partial charge in [0.2, 0.25) is 0 Å². The Morgan fingerprint density at radius 1 is 0.881 bits per heavy atom. The van der Waals surface area contributed by atoms with Crippen molar-refractivity contribution < 1.29 is 13.3 Å². The van der Waals surface area contributed by atoms with Crippen molar-refractivity contribution in [3.05, 3.63) is 142 Å². The van der Waals surface area contributed by atoms with E-state index in [2.05, 4.69) is 85.0 Å². The van der Waals surface area contributed by atoms with Gasteiger partial charge in [-0.2, -0.15) is 0 Å². The molecule has 0 aliphatic carbocycles. The lowest BCUT2D eigenvalue weighted by Gasteiger charge is -2.36. The second-order valence-corrected chi connectivity index (χ2v) is 17.6. The molecule has 59 heavy (non-hydrogen) atoms. The summed E-state index contributed by atoms with van der Waals surface area (Å²) in [5, 5.41) is 17.0. The summed E-state index contributed by atoms with van der Waals surface area (Å²) in [5.74, 6) is 0.742. The van der Waals surface area contributed by atoms with E-state index >= 15 is 0 Å². The number of sulfonamides is 1. The number of nitro benzene ring substituents is 1. The molecule has 1 aromatic heterocycles. The third-order valence-electron chi connectivity index (χ3n) is 10.6. The number of halogens is 1. The monoisotopic (exact) mass is 850 g/mol. The van der Waals surface area contributed by atoms with E-state index in [-0.39, 0.29) is 28.1 Å². The molecule has 0 unspecified atom stereocenters. The van der Waals surface area contributed by atoms with Crippen LogP contribution in [-0.2, 0) is 16.6 Å². The Hall–Kier alpha value is -5.25. The van der Waals surface area contributed by atoms with Crippen LogP contribution < -0.4 is 14.9 Å². The van der Waals surface area contributed by atoms with E-state index in [1.807, 2.05) is 60.7 Å². The first-order chi connectivity index (χ1) is 28.6. The first kappa shape index (κ1) is 41.9. The molecule has 1 aliphatic rings. The van der Waals surface area contributed by atoms with Crippen LogP contribution >= 0.6 is 23.4 Å². The number of benzene rings is 5. The van der Waals surface area contributed by atoms with Crippen LogP contribution in [0.3, 0.4) is 0 Å². The molecule has 0 spiro atoms. The molecule has 0 amide bonds. The zero-order chi connectivity index (χ0) is 41.4. The fraction of sp³-hybridized carbons (Fsp3) is 0.273. The number of aromatic nitrogens is 2. The summed E-state index contributed by atoms with van der Waals surface area (Å²) in [5.41, 5.74) is 5.08. The third kappa shape index (κ3) is 10.5. The van der Waals surface area contributed by atoms with E-state index in [0.29, 0.717) is 28.2 Å². The highest BCUT2D eigenvalue weighted by Crippen LogP contribution is 2.33. The predicted molar refractivity (Wildman–Crippen MR) is 240 cm³/mol. The molecule has 2 heterocycles. The van der Waals surface area contributed by atoms with Gasteiger partial charge >= 0.3 is 0 Å². The van der Waals surface area contributed by atoms with Crippen molar-refractivity contribution in [2.75, 3.05) is 66.5 Å². The highest BCUT2D eigenvalue weighted by molar-refractivity contribution is 7.99. The van der Waals surface area contributed by atoms with Gasteiger partial charge in [0, 0.05) is 78.1 Å². The number of likely N-dealkylation sites (N-methyl/N-ethyl adjacent to an activating group) is 1.